The van der Waals surface area contributed by atoms with E-state index < -0.39 is 10.0 Å². The number of ether oxygens (including phenoxy) is 1. The largest absolute Gasteiger partial charge is 0.379 e. The van der Waals surface area contributed by atoms with Gasteiger partial charge in [0, 0.05) is 39.3 Å². The Hall–Kier alpha value is -1.84. The van der Waals surface area contributed by atoms with Crippen LogP contribution in [0.5, 0.6) is 0 Å². The summed E-state index contributed by atoms with van der Waals surface area (Å²) in [5.74, 6) is 0.597. The van der Waals surface area contributed by atoms with Gasteiger partial charge >= 0.3 is 0 Å². The predicted molar refractivity (Wildman–Crippen MR) is 121 cm³/mol. The van der Waals surface area contributed by atoms with Gasteiger partial charge in [-0.1, -0.05) is 6.92 Å². The monoisotopic (exact) mass is 450 g/mol. The highest BCUT2D eigenvalue weighted by molar-refractivity contribution is 7.89. The van der Waals surface area contributed by atoms with E-state index in [1.165, 1.54) is 4.31 Å². The molecular weight excluding hydrogens is 416 g/mol. The molecule has 3 aliphatic heterocycles. The van der Waals surface area contributed by atoms with Gasteiger partial charge in [0.05, 0.1) is 36.0 Å². The number of piperidine rings is 1. The van der Waals surface area contributed by atoms with Crippen molar-refractivity contribution in [2.75, 3.05) is 69.2 Å². The molecule has 3 saturated heterocycles. The minimum absolute atomic E-state index is 0.0698. The van der Waals surface area contributed by atoms with Crippen LogP contribution in [-0.4, -0.2) is 82.6 Å². The molecule has 1 unspecified atom stereocenters. The molecular formula is C22H34N4O4S. The van der Waals surface area contributed by atoms with Gasteiger partial charge in [-0.05, 0) is 49.8 Å². The van der Waals surface area contributed by atoms with E-state index in [0.717, 1.165) is 63.2 Å². The number of morpholine rings is 1. The van der Waals surface area contributed by atoms with E-state index in [2.05, 4.69) is 17.1 Å². The van der Waals surface area contributed by atoms with Crippen LogP contribution >= 0.6 is 0 Å². The molecule has 1 N–H and O–H groups in total. The van der Waals surface area contributed by atoms with Gasteiger partial charge in [0.25, 0.3) is 0 Å². The lowest BCUT2D eigenvalue weighted by Crippen LogP contribution is -2.42. The van der Waals surface area contributed by atoms with Gasteiger partial charge < -0.3 is 19.9 Å². The number of nitrogens with one attached hydrogen (secondary N) is 1. The summed E-state index contributed by atoms with van der Waals surface area (Å²) < 4.78 is 33.1. The zero-order valence-corrected chi connectivity index (χ0v) is 19.2. The maximum atomic E-state index is 13.1. The summed E-state index contributed by atoms with van der Waals surface area (Å²) in [6.07, 6.45) is 4.45. The van der Waals surface area contributed by atoms with E-state index in [4.69, 9.17) is 4.74 Å². The van der Waals surface area contributed by atoms with Crippen molar-refractivity contribution in [1.29, 1.82) is 0 Å². The number of hydrogen-bond donors (Lipinski definition) is 1. The predicted octanol–water partition coefficient (Wildman–Crippen LogP) is 1.98. The maximum Gasteiger partial charge on any atom is 0.243 e. The van der Waals surface area contributed by atoms with Crippen molar-refractivity contribution >= 4 is 27.3 Å². The van der Waals surface area contributed by atoms with Crippen LogP contribution in [0.15, 0.2) is 23.1 Å². The number of sulfonamides is 1. The van der Waals surface area contributed by atoms with Crippen molar-refractivity contribution in [3.05, 3.63) is 18.2 Å². The molecule has 0 saturated carbocycles. The van der Waals surface area contributed by atoms with Crippen LogP contribution in [0.4, 0.5) is 11.4 Å². The first-order chi connectivity index (χ1) is 14.9. The fourth-order valence-electron chi connectivity index (χ4n) is 4.69. The molecule has 31 heavy (non-hydrogen) atoms. The molecule has 8 nitrogen and oxygen atoms in total. The molecule has 0 spiro atoms. The van der Waals surface area contributed by atoms with E-state index in [9.17, 15) is 13.2 Å². The lowest BCUT2D eigenvalue weighted by Gasteiger charge is -2.31. The summed E-state index contributed by atoms with van der Waals surface area (Å²) in [7, 11) is -3.59. The Balaban J connectivity index is 1.54. The Morgan fingerprint density at radius 3 is 2.55 bits per heavy atom. The van der Waals surface area contributed by atoms with Crippen LogP contribution < -0.4 is 10.2 Å². The zero-order valence-electron chi connectivity index (χ0n) is 18.4. The van der Waals surface area contributed by atoms with Crippen molar-refractivity contribution < 1.29 is 17.9 Å². The van der Waals surface area contributed by atoms with Crippen molar-refractivity contribution in [3.63, 3.8) is 0 Å². The molecule has 3 heterocycles. The first kappa shape index (κ1) is 22.4. The highest BCUT2D eigenvalue weighted by Gasteiger charge is 2.28. The number of hydrogen-bond acceptors (Lipinski definition) is 6. The zero-order chi connectivity index (χ0) is 21.8. The number of amides is 1. The van der Waals surface area contributed by atoms with Crippen molar-refractivity contribution in [1.82, 2.24) is 9.21 Å². The summed E-state index contributed by atoms with van der Waals surface area (Å²) in [5.41, 5.74) is 1.69. The van der Waals surface area contributed by atoms with Crippen LogP contribution in [-0.2, 0) is 19.6 Å². The Kier molecular flexibility index (Phi) is 7.03. The second-order valence-electron chi connectivity index (χ2n) is 8.83. The first-order valence-electron chi connectivity index (χ1n) is 11.4. The number of nitrogens with zero attached hydrogens (tertiary/aromatic N) is 3. The molecule has 1 aromatic rings. The van der Waals surface area contributed by atoms with E-state index in [1.54, 1.807) is 12.1 Å². The highest BCUT2D eigenvalue weighted by Crippen LogP contribution is 2.32. The fraction of sp³-hybridized carbons (Fsp3) is 0.682. The van der Waals surface area contributed by atoms with Crippen molar-refractivity contribution in [3.8, 4) is 0 Å². The Morgan fingerprint density at radius 1 is 1.10 bits per heavy atom. The molecule has 1 amide bonds. The lowest BCUT2D eigenvalue weighted by atomic mass is 10.0. The Labute approximate surface area is 185 Å². The number of rotatable bonds is 6. The van der Waals surface area contributed by atoms with Crippen LogP contribution in [0.3, 0.4) is 0 Å². The van der Waals surface area contributed by atoms with Gasteiger partial charge in [-0.15, -0.1) is 0 Å². The summed E-state index contributed by atoms with van der Waals surface area (Å²) >= 11 is 0. The van der Waals surface area contributed by atoms with E-state index in [-0.39, 0.29) is 17.3 Å². The van der Waals surface area contributed by atoms with E-state index >= 15 is 0 Å². The Morgan fingerprint density at radius 2 is 1.84 bits per heavy atom. The van der Waals surface area contributed by atoms with Gasteiger partial charge in [-0.3, -0.25) is 4.79 Å². The van der Waals surface area contributed by atoms with Gasteiger partial charge in [-0.2, -0.15) is 4.31 Å². The van der Waals surface area contributed by atoms with Gasteiger partial charge in [0.1, 0.15) is 0 Å². The second kappa shape index (κ2) is 9.75. The van der Waals surface area contributed by atoms with Crippen LogP contribution in [0.2, 0.25) is 0 Å². The Bertz CT molecular complexity index is 879. The molecule has 0 radical (unpaired) electrons. The van der Waals surface area contributed by atoms with Crippen molar-refractivity contribution in [2.45, 2.75) is 37.5 Å². The number of anilines is 2. The SMILES string of the molecule is CC1CCCN(C(=O)CNc2cc(S(=O)(=O)N3CCOCC3)ccc2N2CCCC2)C1. The normalized spacial score (nSPS) is 23.2. The van der Waals surface area contributed by atoms with Crippen LogP contribution in [0.25, 0.3) is 0 Å². The third-order valence-electron chi connectivity index (χ3n) is 6.46. The molecule has 4 rings (SSSR count). The molecule has 3 fully saturated rings. The van der Waals surface area contributed by atoms with Gasteiger partial charge in [-0.25, -0.2) is 8.42 Å². The third-order valence-corrected chi connectivity index (χ3v) is 8.36. The number of benzene rings is 1. The van der Waals surface area contributed by atoms with Gasteiger partial charge in [0.15, 0.2) is 0 Å². The van der Waals surface area contributed by atoms with Crippen LogP contribution in [0, 0.1) is 5.92 Å². The standard InChI is InChI=1S/C22H34N4O4S/c1-18-5-4-10-25(17-18)22(27)16-23-20-15-19(6-7-21(20)24-8-2-3-9-24)31(28,29)26-11-13-30-14-12-26/h6-7,15,18,23H,2-5,8-14,16-17H2,1H3. The molecule has 0 aliphatic carbocycles. The van der Waals surface area contributed by atoms with Crippen molar-refractivity contribution in [2.24, 2.45) is 5.92 Å². The second-order valence-corrected chi connectivity index (χ2v) is 10.8. The molecule has 172 valence electrons. The highest BCUT2D eigenvalue weighted by atomic mass is 32.2. The average Bonchev–Trinajstić information content (AvgIpc) is 3.32. The fourth-order valence-corrected chi connectivity index (χ4v) is 6.12. The minimum atomic E-state index is -3.59. The van der Waals surface area contributed by atoms with E-state index in [0.29, 0.717) is 32.2 Å². The summed E-state index contributed by atoms with van der Waals surface area (Å²) in [6.45, 7) is 7.41. The minimum Gasteiger partial charge on any atom is -0.379 e. The topological polar surface area (TPSA) is 82.2 Å². The summed E-state index contributed by atoms with van der Waals surface area (Å²) in [5, 5.41) is 3.28. The summed E-state index contributed by atoms with van der Waals surface area (Å²) in [6, 6.07) is 5.27. The number of likely N-dealkylation sites (tertiary alicyclic amines) is 1. The summed E-state index contributed by atoms with van der Waals surface area (Å²) in [4.78, 5) is 17.2. The lowest BCUT2D eigenvalue weighted by molar-refractivity contribution is -0.130. The molecule has 0 bridgehead atoms. The number of carbonyl (C=O) groups is 1. The van der Waals surface area contributed by atoms with Gasteiger partial charge in [0.2, 0.25) is 15.9 Å². The quantitative estimate of drug-likeness (QED) is 0.714. The van der Waals surface area contributed by atoms with Crippen LogP contribution in [0.1, 0.15) is 32.6 Å². The molecule has 0 aromatic heterocycles. The molecule has 1 atom stereocenters. The third kappa shape index (κ3) is 5.15. The molecule has 1 aromatic carbocycles. The first-order valence-corrected chi connectivity index (χ1v) is 12.9. The maximum absolute atomic E-state index is 13.1. The average molecular weight is 451 g/mol. The number of carbonyl (C=O) groups excluding carboxylic acids is 1. The smallest absolute Gasteiger partial charge is 0.243 e. The molecule has 3 aliphatic rings. The van der Waals surface area contributed by atoms with E-state index in [1.807, 2.05) is 11.0 Å². The molecule has 9 heteroatoms.